The van der Waals surface area contributed by atoms with Crippen molar-refractivity contribution in [1.82, 2.24) is 19.8 Å². The SMILES string of the molecule is Cc1ccsc1C(C(=O)NC1CCCCC1)N(Cc1ccco1)C(=O)c1csnn1. The third-order valence-electron chi connectivity index (χ3n) is 5.41. The molecule has 1 N–H and O–H groups in total. The number of hydrogen-bond acceptors (Lipinski definition) is 7. The molecule has 1 atom stereocenters. The topological polar surface area (TPSA) is 88.3 Å². The van der Waals surface area contributed by atoms with E-state index in [1.165, 1.54) is 17.8 Å². The Hall–Kier alpha value is -2.52. The van der Waals surface area contributed by atoms with Crippen molar-refractivity contribution >= 4 is 34.7 Å². The molecule has 0 aliphatic heterocycles. The van der Waals surface area contributed by atoms with E-state index in [9.17, 15) is 9.59 Å². The number of carbonyl (C=O) groups excluding carboxylic acids is 2. The summed E-state index contributed by atoms with van der Waals surface area (Å²) in [6.07, 6.45) is 6.96. The number of aryl methyl sites for hydroxylation is 1. The van der Waals surface area contributed by atoms with Gasteiger partial charge in [-0.15, -0.1) is 16.4 Å². The van der Waals surface area contributed by atoms with E-state index in [1.54, 1.807) is 28.7 Å². The fourth-order valence-electron chi connectivity index (χ4n) is 3.85. The first kappa shape index (κ1) is 20.7. The van der Waals surface area contributed by atoms with E-state index < -0.39 is 6.04 Å². The molecule has 4 rings (SSSR count). The van der Waals surface area contributed by atoms with Crippen LogP contribution in [0, 0.1) is 6.92 Å². The van der Waals surface area contributed by atoms with Gasteiger partial charge in [-0.05, 0) is 60.4 Å². The van der Waals surface area contributed by atoms with Gasteiger partial charge in [0.15, 0.2) is 5.69 Å². The summed E-state index contributed by atoms with van der Waals surface area (Å²) >= 11 is 2.60. The first-order valence-electron chi connectivity index (χ1n) is 10.1. The highest BCUT2D eigenvalue weighted by Gasteiger charge is 2.36. The van der Waals surface area contributed by atoms with Crippen molar-refractivity contribution in [3.63, 3.8) is 0 Å². The standard InChI is InChI=1S/C21H24N4O3S2/c1-14-9-11-29-19(14)18(20(26)22-15-6-3-2-4-7-15)25(12-16-8-5-10-28-16)21(27)17-13-30-24-23-17/h5,8-11,13,15,18H,2-4,6-7,12H2,1H3,(H,22,26). The summed E-state index contributed by atoms with van der Waals surface area (Å²) in [4.78, 5) is 29.3. The van der Waals surface area contributed by atoms with E-state index in [1.807, 2.05) is 18.4 Å². The van der Waals surface area contributed by atoms with Gasteiger partial charge in [-0.3, -0.25) is 9.59 Å². The van der Waals surface area contributed by atoms with Crippen LogP contribution in [0.1, 0.15) is 64.8 Å². The number of aromatic nitrogens is 2. The van der Waals surface area contributed by atoms with Crippen molar-refractivity contribution in [3.8, 4) is 0 Å². The number of amides is 2. The molecule has 9 heteroatoms. The Bertz CT molecular complexity index is 962. The Labute approximate surface area is 183 Å². The van der Waals surface area contributed by atoms with Crippen LogP contribution in [-0.4, -0.2) is 32.3 Å². The molecular formula is C21H24N4O3S2. The van der Waals surface area contributed by atoms with Crippen LogP contribution in [0.25, 0.3) is 0 Å². The summed E-state index contributed by atoms with van der Waals surface area (Å²) in [7, 11) is 0. The summed E-state index contributed by atoms with van der Waals surface area (Å²) < 4.78 is 9.33. The van der Waals surface area contributed by atoms with Gasteiger partial charge in [-0.1, -0.05) is 23.8 Å². The molecule has 158 valence electrons. The second kappa shape index (κ2) is 9.53. The van der Waals surface area contributed by atoms with E-state index in [-0.39, 0.29) is 30.1 Å². The first-order valence-corrected chi connectivity index (χ1v) is 11.8. The maximum atomic E-state index is 13.5. The lowest BCUT2D eigenvalue weighted by molar-refractivity contribution is -0.127. The second-order valence-corrected chi connectivity index (χ2v) is 9.07. The Morgan fingerprint density at radius 1 is 1.30 bits per heavy atom. The number of rotatable bonds is 7. The maximum absolute atomic E-state index is 13.5. The van der Waals surface area contributed by atoms with E-state index >= 15 is 0 Å². The van der Waals surface area contributed by atoms with Gasteiger partial charge in [-0.25, -0.2) is 0 Å². The summed E-state index contributed by atoms with van der Waals surface area (Å²) in [5.74, 6) is 0.114. The number of nitrogens with zero attached hydrogens (tertiary/aromatic N) is 3. The second-order valence-electron chi connectivity index (χ2n) is 7.52. The molecule has 2 amide bonds. The predicted molar refractivity (Wildman–Crippen MR) is 115 cm³/mol. The van der Waals surface area contributed by atoms with Crippen LogP contribution < -0.4 is 5.32 Å². The van der Waals surface area contributed by atoms with Crippen molar-refractivity contribution < 1.29 is 14.0 Å². The lowest BCUT2D eigenvalue weighted by Gasteiger charge is -2.32. The van der Waals surface area contributed by atoms with Crippen LogP contribution in [0.3, 0.4) is 0 Å². The molecule has 3 heterocycles. The molecule has 30 heavy (non-hydrogen) atoms. The number of carbonyl (C=O) groups is 2. The summed E-state index contributed by atoms with van der Waals surface area (Å²) in [5.41, 5.74) is 1.22. The molecule has 0 aromatic carbocycles. The van der Waals surface area contributed by atoms with Crippen molar-refractivity contribution in [3.05, 3.63) is 57.1 Å². The fourth-order valence-corrected chi connectivity index (χ4v) is 5.32. The average molecular weight is 445 g/mol. The minimum Gasteiger partial charge on any atom is -0.467 e. The van der Waals surface area contributed by atoms with Crippen LogP contribution in [0.4, 0.5) is 0 Å². The fraction of sp³-hybridized carbons (Fsp3) is 0.429. The molecule has 7 nitrogen and oxygen atoms in total. The van der Waals surface area contributed by atoms with Gasteiger partial charge in [0.25, 0.3) is 5.91 Å². The largest absolute Gasteiger partial charge is 0.467 e. The van der Waals surface area contributed by atoms with Crippen molar-refractivity contribution in [2.45, 2.75) is 57.7 Å². The molecule has 1 saturated carbocycles. The van der Waals surface area contributed by atoms with Crippen molar-refractivity contribution in [1.29, 1.82) is 0 Å². The lowest BCUT2D eigenvalue weighted by atomic mass is 9.95. The predicted octanol–water partition coefficient (Wildman–Crippen LogP) is 4.33. The van der Waals surface area contributed by atoms with Crippen molar-refractivity contribution in [2.24, 2.45) is 0 Å². The molecule has 0 bridgehead atoms. The number of thiophene rings is 1. The molecule has 1 unspecified atom stereocenters. The highest BCUT2D eigenvalue weighted by Crippen LogP contribution is 2.32. The van der Waals surface area contributed by atoms with Crippen molar-refractivity contribution in [2.75, 3.05) is 0 Å². The normalized spacial score (nSPS) is 15.6. The highest BCUT2D eigenvalue weighted by atomic mass is 32.1. The first-order chi connectivity index (χ1) is 14.6. The van der Waals surface area contributed by atoms with Gasteiger partial charge >= 0.3 is 0 Å². The third-order valence-corrected chi connectivity index (χ3v) is 6.98. The molecule has 1 aliphatic rings. The summed E-state index contributed by atoms with van der Waals surface area (Å²) in [6.45, 7) is 2.14. The molecule has 3 aromatic heterocycles. The lowest BCUT2D eigenvalue weighted by Crippen LogP contribution is -2.46. The Morgan fingerprint density at radius 2 is 2.13 bits per heavy atom. The van der Waals surface area contributed by atoms with E-state index in [2.05, 4.69) is 14.9 Å². The van der Waals surface area contributed by atoms with Gasteiger partial charge < -0.3 is 14.6 Å². The zero-order valence-electron chi connectivity index (χ0n) is 16.7. The Balaban J connectivity index is 1.69. The molecular weight excluding hydrogens is 420 g/mol. The molecule has 0 saturated heterocycles. The van der Waals surface area contributed by atoms with E-state index in [0.29, 0.717) is 5.76 Å². The van der Waals surface area contributed by atoms with Crippen LogP contribution in [-0.2, 0) is 11.3 Å². The summed E-state index contributed by atoms with van der Waals surface area (Å²) in [6, 6.07) is 4.94. The van der Waals surface area contributed by atoms with E-state index in [0.717, 1.165) is 47.7 Å². The van der Waals surface area contributed by atoms with Crippen LogP contribution in [0.5, 0.6) is 0 Å². The minimum absolute atomic E-state index is 0.149. The van der Waals surface area contributed by atoms with Gasteiger partial charge in [0.05, 0.1) is 12.8 Å². The molecule has 0 radical (unpaired) electrons. The zero-order chi connectivity index (χ0) is 20.9. The zero-order valence-corrected chi connectivity index (χ0v) is 18.4. The van der Waals surface area contributed by atoms with Gasteiger partial charge in [0.2, 0.25) is 5.91 Å². The van der Waals surface area contributed by atoms with Crippen LogP contribution in [0.2, 0.25) is 0 Å². The minimum atomic E-state index is -0.758. The van der Waals surface area contributed by atoms with E-state index in [4.69, 9.17) is 4.42 Å². The highest BCUT2D eigenvalue weighted by molar-refractivity contribution is 7.10. The number of furan rings is 1. The average Bonchev–Trinajstić information content (AvgIpc) is 3.52. The maximum Gasteiger partial charge on any atom is 0.276 e. The summed E-state index contributed by atoms with van der Waals surface area (Å²) in [5, 5.41) is 10.7. The van der Waals surface area contributed by atoms with Gasteiger partial charge in [-0.2, -0.15) is 0 Å². The smallest absolute Gasteiger partial charge is 0.276 e. The van der Waals surface area contributed by atoms with Crippen LogP contribution in [0.15, 0.2) is 39.6 Å². The van der Waals surface area contributed by atoms with Crippen LogP contribution >= 0.6 is 22.9 Å². The molecule has 3 aromatic rings. The molecule has 1 aliphatic carbocycles. The monoisotopic (exact) mass is 444 g/mol. The third kappa shape index (κ3) is 4.62. The number of nitrogens with one attached hydrogen (secondary N) is 1. The van der Waals surface area contributed by atoms with Gasteiger partial charge in [0, 0.05) is 16.3 Å². The quantitative estimate of drug-likeness (QED) is 0.586. The number of hydrogen-bond donors (Lipinski definition) is 1. The Kier molecular flexibility index (Phi) is 6.59. The Morgan fingerprint density at radius 3 is 2.77 bits per heavy atom. The molecule has 0 spiro atoms. The molecule has 1 fully saturated rings. The van der Waals surface area contributed by atoms with Gasteiger partial charge in [0.1, 0.15) is 11.8 Å².